The standard InChI is InChI=1S/C15H19Br2N3O/c1-4-13-14(9-20(3)19-13)18-8-10-6-11(16)7-12(17)15(10)21-5-2/h6-7,9,18H,4-5,8H2,1-3H3. The molecule has 0 saturated heterocycles. The number of aromatic nitrogens is 2. The van der Waals surface area contributed by atoms with Crippen LogP contribution in [-0.2, 0) is 20.0 Å². The molecule has 2 rings (SSSR count). The number of nitrogens with one attached hydrogen (secondary N) is 1. The quantitative estimate of drug-likeness (QED) is 0.752. The van der Waals surface area contributed by atoms with Gasteiger partial charge < -0.3 is 10.1 Å². The molecule has 0 aliphatic rings. The van der Waals surface area contributed by atoms with Crippen molar-refractivity contribution in [2.75, 3.05) is 11.9 Å². The van der Waals surface area contributed by atoms with Crippen LogP contribution in [0.3, 0.4) is 0 Å². The van der Waals surface area contributed by atoms with Crippen LogP contribution < -0.4 is 10.1 Å². The number of benzene rings is 1. The molecule has 2 aromatic rings. The zero-order chi connectivity index (χ0) is 15.4. The van der Waals surface area contributed by atoms with Gasteiger partial charge in [0, 0.05) is 29.8 Å². The van der Waals surface area contributed by atoms with Crippen molar-refractivity contribution in [1.29, 1.82) is 0 Å². The lowest BCUT2D eigenvalue weighted by atomic mass is 10.2. The molecule has 0 atom stereocenters. The SMILES string of the molecule is CCOc1c(Br)cc(Br)cc1CNc1cn(C)nc1CC. The Hall–Kier alpha value is -1.01. The van der Waals surface area contributed by atoms with Crippen molar-refractivity contribution < 1.29 is 4.74 Å². The van der Waals surface area contributed by atoms with E-state index in [1.54, 1.807) is 0 Å². The number of hydrogen-bond donors (Lipinski definition) is 1. The van der Waals surface area contributed by atoms with Gasteiger partial charge in [-0.25, -0.2) is 0 Å². The van der Waals surface area contributed by atoms with Crippen molar-refractivity contribution in [2.24, 2.45) is 7.05 Å². The first kappa shape index (κ1) is 16.4. The van der Waals surface area contributed by atoms with Crippen LogP contribution in [-0.4, -0.2) is 16.4 Å². The third-order valence-electron chi connectivity index (χ3n) is 3.08. The third kappa shape index (κ3) is 4.01. The molecule has 0 saturated carbocycles. The highest BCUT2D eigenvalue weighted by atomic mass is 79.9. The van der Waals surface area contributed by atoms with E-state index in [2.05, 4.69) is 55.3 Å². The number of anilines is 1. The zero-order valence-electron chi connectivity index (χ0n) is 12.4. The van der Waals surface area contributed by atoms with Crippen molar-refractivity contribution >= 4 is 37.5 Å². The van der Waals surface area contributed by atoms with Crippen LogP contribution in [0.1, 0.15) is 25.1 Å². The smallest absolute Gasteiger partial charge is 0.138 e. The van der Waals surface area contributed by atoms with Crippen LogP contribution >= 0.6 is 31.9 Å². The second kappa shape index (κ2) is 7.31. The van der Waals surface area contributed by atoms with Crippen LogP contribution in [0.25, 0.3) is 0 Å². The fourth-order valence-electron chi connectivity index (χ4n) is 2.18. The maximum absolute atomic E-state index is 5.74. The second-order valence-corrected chi connectivity index (χ2v) is 6.45. The van der Waals surface area contributed by atoms with Crippen molar-refractivity contribution in [1.82, 2.24) is 9.78 Å². The fourth-order valence-corrected chi connectivity index (χ4v) is 3.61. The van der Waals surface area contributed by atoms with E-state index in [0.29, 0.717) is 13.2 Å². The van der Waals surface area contributed by atoms with E-state index >= 15 is 0 Å². The lowest BCUT2D eigenvalue weighted by molar-refractivity contribution is 0.334. The largest absolute Gasteiger partial charge is 0.492 e. The summed E-state index contributed by atoms with van der Waals surface area (Å²) < 4.78 is 9.56. The Labute approximate surface area is 142 Å². The van der Waals surface area contributed by atoms with Crippen molar-refractivity contribution in [3.05, 3.63) is 38.5 Å². The van der Waals surface area contributed by atoms with Crippen LogP contribution in [0, 0.1) is 0 Å². The molecule has 1 aromatic heterocycles. The normalized spacial score (nSPS) is 10.7. The number of halogens is 2. The number of aryl methyl sites for hydroxylation is 2. The number of nitrogens with zero attached hydrogens (tertiary/aromatic N) is 2. The Morgan fingerprint density at radius 3 is 2.71 bits per heavy atom. The predicted molar refractivity (Wildman–Crippen MR) is 92.9 cm³/mol. The maximum Gasteiger partial charge on any atom is 0.138 e. The molecule has 0 aliphatic carbocycles. The average molecular weight is 417 g/mol. The van der Waals surface area contributed by atoms with E-state index in [0.717, 1.165) is 38.1 Å². The Kier molecular flexibility index (Phi) is 5.70. The summed E-state index contributed by atoms with van der Waals surface area (Å²) in [6.45, 7) is 5.42. The number of ether oxygens (including phenoxy) is 1. The topological polar surface area (TPSA) is 39.1 Å². The molecular weight excluding hydrogens is 398 g/mol. The Bertz CT molecular complexity index is 626. The first-order valence-corrected chi connectivity index (χ1v) is 8.50. The van der Waals surface area contributed by atoms with Gasteiger partial charge in [0.1, 0.15) is 5.75 Å². The van der Waals surface area contributed by atoms with Gasteiger partial charge in [0.15, 0.2) is 0 Å². The molecule has 0 bridgehead atoms. The molecular formula is C15H19Br2N3O. The van der Waals surface area contributed by atoms with Gasteiger partial charge in [-0.2, -0.15) is 5.10 Å². The molecule has 0 unspecified atom stereocenters. The zero-order valence-corrected chi connectivity index (χ0v) is 15.6. The number of hydrogen-bond acceptors (Lipinski definition) is 3. The summed E-state index contributed by atoms with van der Waals surface area (Å²) in [5, 5.41) is 7.89. The van der Waals surface area contributed by atoms with E-state index in [-0.39, 0.29) is 0 Å². The summed E-state index contributed by atoms with van der Waals surface area (Å²) in [6.07, 6.45) is 2.91. The molecule has 1 aromatic carbocycles. The molecule has 0 aliphatic heterocycles. The first-order valence-electron chi connectivity index (χ1n) is 6.92. The van der Waals surface area contributed by atoms with Crippen LogP contribution in [0.2, 0.25) is 0 Å². The highest BCUT2D eigenvalue weighted by molar-refractivity contribution is 9.11. The monoisotopic (exact) mass is 415 g/mol. The third-order valence-corrected chi connectivity index (χ3v) is 4.13. The van der Waals surface area contributed by atoms with Gasteiger partial charge in [0.05, 0.1) is 22.5 Å². The van der Waals surface area contributed by atoms with Gasteiger partial charge in [-0.3, -0.25) is 4.68 Å². The molecule has 6 heteroatoms. The van der Waals surface area contributed by atoms with E-state index in [1.165, 1.54) is 0 Å². The summed E-state index contributed by atoms with van der Waals surface area (Å²) >= 11 is 7.09. The van der Waals surface area contributed by atoms with Gasteiger partial charge >= 0.3 is 0 Å². The summed E-state index contributed by atoms with van der Waals surface area (Å²) in [4.78, 5) is 0. The summed E-state index contributed by atoms with van der Waals surface area (Å²) in [5.41, 5.74) is 3.24. The van der Waals surface area contributed by atoms with Crippen molar-refractivity contribution in [3.63, 3.8) is 0 Å². The maximum atomic E-state index is 5.74. The highest BCUT2D eigenvalue weighted by Gasteiger charge is 2.11. The summed E-state index contributed by atoms with van der Waals surface area (Å²) in [5.74, 6) is 0.884. The van der Waals surface area contributed by atoms with E-state index in [4.69, 9.17) is 4.74 Å². The summed E-state index contributed by atoms with van der Waals surface area (Å²) in [6, 6.07) is 4.07. The van der Waals surface area contributed by atoms with Gasteiger partial charge in [0.2, 0.25) is 0 Å². The molecule has 21 heavy (non-hydrogen) atoms. The van der Waals surface area contributed by atoms with Gasteiger partial charge in [-0.15, -0.1) is 0 Å². The Morgan fingerprint density at radius 1 is 1.29 bits per heavy atom. The first-order chi connectivity index (χ1) is 10.0. The molecule has 1 N–H and O–H groups in total. The fraction of sp³-hybridized carbons (Fsp3) is 0.400. The van der Waals surface area contributed by atoms with E-state index in [9.17, 15) is 0 Å². The lowest BCUT2D eigenvalue weighted by Gasteiger charge is -2.14. The Morgan fingerprint density at radius 2 is 2.05 bits per heavy atom. The minimum absolute atomic E-state index is 0.639. The van der Waals surface area contributed by atoms with Gasteiger partial charge in [-0.05, 0) is 41.4 Å². The average Bonchev–Trinajstić information content (AvgIpc) is 2.80. The molecule has 0 fully saturated rings. The second-order valence-electron chi connectivity index (χ2n) is 4.68. The van der Waals surface area contributed by atoms with E-state index in [1.807, 2.05) is 30.9 Å². The van der Waals surface area contributed by atoms with Crippen molar-refractivity contribution in [2.45, 2.75) is 26.8 Å². The molecule has 0 radical (unpaired) electrons. The van der Waals surface area contributed by atoms with Gasteiger partial charge in [-0.1, -0.05) is 22.9 Å². The van der Waals surface area contributed by atoms with E-state index < -0.39 is 0 Å². The molecule has 114 valence electrons. The summed E-state index contributed by atoms with van der Waals surface area (Å²) in [7, 11) is 1.94. The molecule has 4 nitrogen and oxygen atoms in total. The molecule has 0 amide bonds. The lowest BCUT2D eigenvalue weighted by Crippen LogP contribution is -2.05. The number of rotatable bonds is 6. The highest BCUT2D eigenvalue weighted by Crippen LogP contribution is 2.33. The molecule has 1 heterocycles. The van der Waals surface area contributed by atoms with Crippen molar-refractivity contribution in [3.8, 4) is 5.75 Å². The minimum Gasteiger partial charge on any atom is -0.492 e. The van der Waals surface area contributed by atoms with Crippen LogP contribution in [0.4, 0.5) is 5.69 Å². The minimum atomic E-state index is 0.639. The Balaban J connectivity index is 2.22. The predicted octanol–water partition coefficient (Wildman–Crippen LogP) is 4.52. The molecule has 0 spiro atoms. The van der Waals surface area contributed by atoms with Gasteiger partial charge in [0.25, 0.3) is 0 Å². The van der Waals surface area contributed by atoms with Crippen LogP contribution in [0.5, 0.6) is 5.75 Å². The van der Waals surface area contributed by atoms with Crippen LogP contribution in [0.15, 0.2) is 27.3 Å².